The van der Waals surface area contributed by atoms with Crippen molar-refractivity contribution in [2.24, 2.45) is 0 Å². The Kier molecular flexibility index (Phi) is 2.83. The van der Waals surface area contributed by atoms with Gasteiger partial charge in [-0.05, 0) is 6.92 Å². The van der Waals surface area contributed by atoms with E-state index in [4.69, 9.17) is 4.74 Å². The van der Waals surface area contributed by atoms with Crippen LogP contribution in [-0.4, -0.2) is 52.2 Å². The SMILES string of the molecule is CC1(OCC(=O)N2CCn3ccnc3C2)CNC1. The number of nitrogens with one attached hydrogen (secondary N) is 1. The number of imidazole rings is 1. The first-order chi connectivity index (χ1) is 8.66. The Morgan fingerprint density at radius 2 is 2.39 bits per heavy atom. The van der Waals surface area contributed by atoms with Gasteiger partial charge in [0, 0.05) is 38.6 Å². The van der Waals surface area contributed by atoms with Crippen molar-refractivity contribution in [3.05, 3.63) is 18.2 Å². The highest BCUT2D eigenvalue weighted by atomic mass is 16.5. The number of amides is 1. The predicted octanol–water partition coefficient (Wildman–Crippen LogP) is -0.396. The maximum Gasteiger partial charge on any atom is 0.249 e. The summed E-state index contributed by atoms with van der Waals surface area (Å²) >= 11 is 0. The van der Waals surface area contributed by atoms with Gasteiger partial charge in [0.05, 0.1) is 12.1 Å². The molecule has 0 atom stereocenters. The van der Waals surface area contributed by atoms with Gasteiger partial charge < -0.3 is 19.5 Å². The van der Waals surface area contributed by atoms with Crippen molar-refractivity contribution in [3.63, 3.8) is 0 Å². The topological polar surface area (TPSA) is 59.4 Å². The number of carbonyl (C=O) groups excluding carboxylic acids is 1. The molecular weight excluding hydrogens is 232 g/mol. The van der Waals surface area contributed by atoms with Crippen LogP contribution >= 0.6 is 0 Å². The number of nitrogens with zero attached hydrogens (tertiary/aromatic N) is 3. The van der Waals surface area contributed by atoms with E-state index in [-0.39, 0.29) is 18.1 Å². The summed E-state index contributed by atoms with van der Waals surface area (Å²) in [4.78, 5) is 18.1. The molecule has 0 aromatic carbocycles. The summed E-state index contributed by atoms with van der Waals surface area (Å²) in [7, 11) is 0. The summed E-state index contributed by atoms with van der Waals surface area (Å²) < 4.78 is 7.75. The quantitative estimate of drug-likeness (QED) is 0.793. The monoisotopic (exact) mass is 250 g/mol. The number of hydrogen-bond acceptors (Lipinski definition) is 4. The molecule has 1 amide bonds. The molecule has 6 heteroatoms. The molecule has 0 saturated carbocycles. The van der Waals surface area contributed by atoms with Crippen LogP contribution in [0.15, 0.2) is 12.4 Å². The maximum absolute atomic E-state index is 12.1. The lowest BCUT2D eigenvalue weighted by atomic mass is 10.0. The van der Waals surface area contributed by atoms with Gasteiger partial charge in [0.25, 0.3) is 0 Å². The van der Waals surface area contributed by atoms with Gasteiger partial charge >= 0.3 is 0 Å². The van der Waals surface area contributed by atoms with E-state index in [1.807, 2.05) is 18.0 Å². The third kappa shape index (κ3) is 2.13. The molecule has 1 aromatic rings. The molecule has 6 nitrogen and oxygen atoms in total. The highest BCUT2D eigenvalue weighted by Crippen LogP contribution is 2.16. The van der Waals surface area contributed by atoms with E-state index in [0.717, 1.165) is 32.0 Å². The first kappa shape index (κ1) is 11.7. The van der Waals surface area contributed by atoms with Crippen molar-refractivity contribution in [3.8, 4) is 0 Å². The van der Waals surface area contributed by atoms with Crippen LogP contribution in [0.5, 0.6) is 0 Å². The fraction of sp³-hybridized carbons (Fsp3) is 0.667. The molecule has 1 N–H and O–H groups in total. The molecule has 2 aliphatic heterocycles. The van der Waals surface area contributed by atoms with E-state index in [0.29, 0.717) is 6.54 Å². The number of fused-ring (bicyclic) bond motifs is 1. The van der Waals surface area contributed by atoms with Crippen LogP contribution in [0.1, 0.15) is 12.7 Å². The molecule has 1 saturated heterocycles. The second-order valence-corrected chi connectivity index (χ2v) is 5.19. The first-order valence-corrected chi connectivity index (χ1v) is 6.29. The molecule has 1 aromatic heterocycles. The van der Waals surface area contributed by atoms with Crippen LogP contribution in [-0.2, 0) is 22.6 Å². The second-order valence-electron chi connectivity index (χ2n) is 5.19. The van der Waals surface area contributed by atoms with Crippen LogP contribution in [0.4, 0.5) is 0 Å². The van der Waals surface area contributed by atoms with Crippen molar-refractivity contribution >= 4 is 5.91 Å². The minimum absolute atomic E-state index is 0.0531. The van der Waals surface area contributed by atoms with Crippen LogP contribution in [0, 0.1) is 0 Å². The number of hydrogen-bond donors (Lipinski definition) is 1. The molecule has 3 heterocycles. The molecule has 0 bridgehead atoms. The molecule has 0 radical (unpaired) electrons. The summed E-state index contributed by atoms with van der Waals surface area (Å²) in [5.74, 6) is 1.00. The molecule has 3 rings (SSSR count). The van der Waals surface area contributed by atoms with Crippen LogP contribution < -0.4 is 5.32 Å². The Hall–Kier alpha value is -1.40. The van der Waals surface area contributed by atoms with Crippen LogP contribution in [0.2, 0.25) is 0 Å². The van der Waals surface area contributed by atoms with E-state index in [1.54, 1.807) is 6.20 Å². The molecule has 18 heavy (non-hydrogen) atoms. The molecule has 1 fully saturated rings. The maximum atomic E-state index is 12.1. The molecular formula is C12H18N4O2. The number of rotatable bonds is 3. The minimum Gasteiger partial charge on any atom is -0.363 e. The third-order valence-corrected chi connectivity index (χ3v) is 3.64. The van der Waals surface area contributed by atoms with Crippen LogP contribution in [0.25, 0.3) is 0 Å². The van der Waals surface area contributed by atoms with Crippen molar-refractivity contribution in [2.75, 3.05) is 26.2 Å². The number of ether oxygens (including phenoxy) is 1. The molecule has 98 valence electrons. The Morgan fingerprint density at radius 3 is 3.11 bits per heavy atom. The van der Waals surface area contributed by atoms with E-state index in [1.165, 1.54) is 0 Å². The van der Waals surface area contributed by atoms with E-state index in [9.17, 15) is 4.79 Å². The van der Waals surface area contributed by atoms with Crippen molar-refractivity contribution in [2.45, 2.75) is 25.6 Å². The van der Waals surface area contributed by atoms with Crippen molar-refractivity contribution in [1.29, 1.82) is 0 Å². The summed E-state index contributed by atoms with van der Waals surface area (Å²) in [6.07, 6.45) is 3.73. The average molecular weight is 250 g/mol. The Bertz CT molecular complexity index is 453. The Labute approximate surface area is 106 Å². The van der Waals surface area contributed by atoms with Gasteiger partial charge in [-0.1, -0.05) is 0 Å². The zero-order valence-electron chi connectivity index (χ0n) is 10.6. The highest BCUT2D eigenvalue weighted by Gasteiger charge is 2.33. The summed E-state index contributed by atoms with van der Waals surface area (Å²) in [5, 5.41) is 3.15. The Morgan fingerprint density at radius 1 is 1.56 bits per heavy atom. The number of aromatic nitrogens is 2. The summed E-state index contributed by atoms with van der Waals surface area (Å²) in [5.41, 5.74) is -0.163. The van der Waals surface area contributed by atoms with Gasteiger partial charge in [-0.2, -0.15) is 0 Å². The normalized spacial score (nSPS) is 21.3. The lowest BCUT2D eigenvalue weighted by Gasteiger charge is -2.39. The largest absolute Gasteiger partial charge is 0.363 e. The van der Waals surface area contributed by atoms with Crippen molar-refractivity contribution < 1.29 is 9.53 Å². The minimum atomic E-state index is -0.163. The summed E-state index contributed by atoms with van der Waals surface area (Å²) in [6.45, 7) is 5.98. The van der Waals surface area contributed by atoms with Gasteiger partial charge in [-0.15, -0.1) is 0 Å². The first-order valence-electron chi connectivity index (χ1n) is 6.29. The zero-order chi connectivity index (χ0) is 12.6. The lowest BCUT2D eigenvalue weighted by molar-refractivity contribution is -0.147. The molecule has 0 spiro atoms. The predicted molar refractivity (Wildman–Crippen MR) is 64.9 cm³/mol. The fourth-order valence-electron chi connectivity index (χ4n) is 2.29. The second kappa shape index (κ2) is 4.37. The lowest BCUT2D eigenvalue weighted by Crippen LogP contribution is -2.59. The van der Waals surface area contributed by atoms with E-state index in [2.05, 4.69) is 14.9 Å². The fourth-order valence-corrected chi connectivity index (χ4v) is 2.29. The molecule has 0 aliphatic carbocycles. The zero-order valence-corrected chi connectivity index (χ0v) is 10.6. The van der Waals surface area contributed by atoms with E-state index >= 15 is 0 Å². The smallest absolute Gasteiger partial charge is 0.249 e. The third-order valence-electron chi connectivity index (χ3n) is 3.64. The van der Waals surface area contributed by atoms with Gasteiger partial charge in [0.2, 0.25) is 5.91 Å². The van der Waals surface area contributed by atoms with Crippen molar-refractivity contribution in [1.82, 2.24) is 19.8 Å². The average Bonchev–Trinajstić information content (AvgIpc) is 2.80. The van der Waals surface area contributed by atoms with Gasteiger partial charge in [0.1, 0.15) is 12.4 Å². The van der Waals surface area contributed by atoms with Gasteiger partial charge in [0.15, 0.2) is 0 Å². The Balaban J connectivity index is 1.54. The summed E-state index contributed by atoms with van der Waals surface area (Å²) in [6, 6.07) is 0. The highest BCUT2D eigenvalue weighted by molar-refractivity contribution is 5.77. The van der Waals surface area contributed by atoms with E-state index < -0.39 is 0 Å². The molecule has 2 aliphatic rings. The molecule has 0 unspecified atom stereocenters. The van der Waals surface area contributed by atoms with Gasteiger partial charge in [-0.3, -0.25) is 4.79 Å². The number of carbonyl (C=O) groups is 1. The van der Waals surface area contributed by atoms with Crippen LogP contribution in [0.3, 0.4) is 0 Å². The van der Waals surface area contributed by atoms with Gasteiger partial charge in [-0.25, -0.2) is 4.98 Å². The standard InChI is InChI=1S/C12H18N4O2/c1-12(8-13-9-12)18-7-11(17)16-5-4-15-3-2-14-10(15)6-16/h2-3,13H,4-9H2,1H3.